The van der Waals surface area contributed by atoms with E-state index in [2.05, 4.69) is 5.32 Å². The van der Waals surface area contributed by atoms with E-state index in [9.17, 15) is 9.59 Å². The van der Waals surface area contributed by atoms with Crippen LogP contribution in [0, 0.1) is 13.8 Å². The number of hydrogen-bond acceptors (Lipinski definition) is 4. The summed E-state index contributed by atoms with van der Waals surface area (Å²) in [5.41, 5.74) is 2.80. The van der Waals surface area contributed by atoms with Crippen molar-refractivity contribution in [1.29, 1.82) is 0 Å². The van der Waals surface area contributed by atoms with Crippen molar-refractivity contribution in [2.24, 2.45) is 0 Å². The van der Waals surface area contributed by atoms with Crippen LogP contribution in [0.1, 0.15) is 28.4 Å². The number of aryl methyl sites for hydroxylation is 2. The Morgan fingerprint density at radius 3 is 2.52 bits per heavy atom. The van der Waals surface area contributed by atoms with E-state index in [1.165, 1.54) is 20.1 Å². The van der Waals surface area contributed by atoms with Gasteiger partial charge in [0.05, 0.1) is 7.11 Å². The highest BCUT2D eigenvalue weighted by Gasteiger charge is 2.22. The van der Waals surface area contributed by atoms with Crippen LogP contribution in [0.5, 0.6) is 5.75 Å². The lowest BCUT2D eigenvalue weighted by atomic mass is 10.1. The number of esters is 1. The van der Waals surface area contributed by atoms with Gasteiger partial charge in [-0.15, -0.1) is 0 Å². The van der Waals surface area contributed by atoms with Crippen LogP contribution < -0.4 is 10.1 Å². The predicted molar refractivity (Wildman–Crippen MR) is 97.4 cm³/mol. The molecule has 0 unspecified atom stereocenters. The van der Waals surface area contributed by atoms with Crippen LogP contribution in [0.3, 0.4) is 0 Å². The SMILES string of the molecule is COc1ccc(Cl)cc1C(=O)O[C@H](C)C(=O)Nc1cc(C)ccc1C. The molecule has 1 amide bonds. The standard InChI is InChI=1S/C19H20ClNO4/c1-11-5-6-12(2)16(9-11)21-18(22)13(3)25-19(23)15-10-14(20)7-8-17(15)24-4/h5-10,13H,1-4H3,(H,21,22)/t13-/m1/s1. The van der Waals surface area contributed by atoms with Crippen LogP contribution in [0.2, 0.25) is 5.02 Å². The Hall–Kier alpha value is -2.53. The number of carbonyl (C=O) groups is 2. The van der Waals surface area contributed by atoms with E-state index >= 15 is 0 Å². The van der Waals surface area contributed by atoms with Gasteiger partial charge in [0.15, 0.2) is 6.10 Å². The second-order valence-electron chi connectivity index (χ2n) is 5.70. The van der Waals surface area contributed by atoms with Gasteiger partial charge in [0.1, 0.15) is 11.3 Å². The minimum atomic E-state index is -0.976. The Kier molecular flexibility index (Phi) is 6.04. The number of halogens is 1. The molecule has 0 spiro atoms. The van der Waals surface area contributed by atoms with Crippen LogP contribution >= 0.6 is 11.6 Å². The van der Waals surface area contributed by atoms with Gasteiger partial charge in [-0.05, 0) is 56.2 Å². The lowest BCUT2D eigenvalue weighted by Gasteiger charge is -2.16. The Morgan fingerprint density at radius 2 is 1.84 bits per heavy atom. The molecule has 6 heteroatoms. The zero-order valence-corrected chi connectivity index (χ0v) is 15.3. The van der Waals surface area contributed by atoms with Gasteiger partial charge in [-0.1, -0.05) is 23.7 Å². The molecule has 0 saturated carbocycles. The summed E-state index contributed by atoms with van der Waals surface area (Å²) in [7, 11) is 1.44. The van der Waals surface area contributed by atoms with E-state index in [4.69, 9.17) is 21.1 Å². The Balaban J connectivity index is 2.09. The summed E-state index contributed by atoms with van der Waals surface area (Å²) >= 11 is 5.91. The summed E-state index contributed by atoms with van der Waals surface area (Å²) in [6.45, 7) is 5.34. The van der Waals surface area contributed by atoms with E-state index in [0.29, 0.717) is 16.5 Å². The minimum absolute atomic E-state index is 0.168. The fourth-order valence-corrected chi connectivity index (χ4v) is 2.39. The predicted octanol–water partition coefficient (Wildman–Crippen LogP) is 4.15. The molecule has 5 nitrogen and oxygen atoms in total. The van der Waals surface area contributed by atoms with Gasteiger partial charge in [0.25, 0.3) is 5.91 Å². The smallest absolute Gasteiger partial charge is 0.342 e. The summed E-state index contributed by atoms with van der Waals surface area (Å²) in [6, 6.07) is 10.4. The molecule has 0 heterocycles. The number of amides is 1. The zero-order valence-electron chi connectivity index (χ0n) is 14.6. The molecule has 2 aromatic carbocycles. The minimum Gasteiger partial charge on any atom is -0.496 e. The van der Waals surface area contributed by atoms with Gasteiger partial charge in [0, 0.05) is 10.7 Å². The number of benzene rings is 2. The van der Waals surface area contributed by atoms with Gasteiger partial charge in [-0.3, -0.25) is 4.79 Å². The fraction of sp³-hybridized carbons (Fsp3) is 0.263. The molecule has 2 rings (SSSR count). The summed E-state index contributed by atoms with van der Waals surface area (Å²) in [5.74, 6) is -0.762. The van der Waals surface area contributed by atoms with Crippen LogP contribution in [0.4, 0.5) is 5.69 Å². The number of methoxy groups -OCH3 is 1. The lowest BCUT2D eigenvalue weighted by Crippen LogP contribution is -2.30. The highest BCUT2D eigenvalue weighted by atomic mass is 35.5. The summed E-state index contributed by atoms with van der Waals surface area (Å²) in [6.07, 6.45) is -0.976. The first-order valence-electron chi connectivity index (χ1n) is 7.74. The molecule has 25 heavy (non-hydrogen) atoms. The Bertz CT molecular complexity index is 804. The molecule has 0 fully saturated rings. The Morgan fingerprint density at radius 1 is 1.12 bits per heavy atom. The maximum Gasteiger partial charge on any atom is 0.342 e. The second kappa shape index (κ2) is 8.03. The van der Waals surface area contributed by atoms with Crippen molar-refractivity contribution in [3.05, 3.63) is 58.1 Å². The van der Waals surface area contributed by atoms with Crippen molar-refractivity contribution in [3.63, 3.8) is 0 Å². The van der Waals surface area contributed by atoms with E-state index in [0.717, 1.165) is 11.1 Å². The molecule has 0 radical (unpaired) electrons. The number of nitrogens with one attached hydrogen (secondary N) is 1. The Labute approximate surface area is 151 Å². The topological polar surface area (TPSA) is 64.6 Å². The third-order valence-corrected chi connectivity index (χ3v) is 3.92. The summed E-state index contributed by atoms with van der Waals surface area (Å²) in [5, 5.41) is 3.15. The van der Waals surface area contributed by atoms with Crippen molar-refractivity contribution in [3.8, 4) is 5.75 Å². The fourth-order valence-electron chi connectivity index (χ4n) is 2.22. The molecule has 0 aliphatic carbocycles. The molecule has 0 aromatic heterocycles. The second-order valence-corrected chi connectivity index (χ2v) is 6.14. The van der Waals surface area contributed by atoms with Gasteiger partial charge in [0.2, 0.25) is 0 Å². The third-order valence-electron chi connectivity index (χ3n) is 3.69. The molecule has 132 valence electrons. The molecule has 1 atom stereocenters. The average Bonchev–Trinajstić information content (AvgIpc) is 2.57. The molecule has 0 aliphatic heterocycles. The summed E-state index contributed by atoms with van der Waals surface area (Å²) < 4.78 is 10.4. The molecule has 2 aromatic rings. The van der Waals surface area contributed by atoms with Crippen LogP contribution in [-0.2, 0) is 9.53 Å². The number of hydrogen-bond donors (Lipinski definition) is 1. The van der Waals surface area contributed by atoms with E-state index in [1.54, 1.807) is 12.1 Å². The largest absolute Gasteiger partial charge is 0.496 e. The maximum atomic E-state index is 12.3. The van der Waals surface area contributed by atoms with Crippen molar-refractivity contribution in [2.45, 2.75) is 26.9 Å². The first-order valence-corrected chi connectivity index (χ1v) is 8.12. The average molecular weight is 362 g/mol. The zero-order chi connectivity index (χ0) is 18.6. The van der Waals surface area contributed by atoms with Gasteiger partial charge < -0.3 is 14.8 Å². The van der Waals surface area contributed by atoms with Gasteiger partial charge in [-0.2, -0.15) is 0 Å². The quantitative estimate of drug-likeness (QED) is 0.812. The van der Waals surface area contributed by atoms with Crippen LogP contribution in [0.25, 0.3) is 0 Å². The van der Waals surface area contributed by atoms with Crippen molar-refractivity contribution in [1.82, 2.24) is 0 Å². The third kappa shape index (κ3) is 4.73. The van der Waals surface area contributed by atoms with Gasteiger partial charge >= 0.3 is 5.97 Å². The molecule has 0 saturated heterocycles. The van der Waals surface area contributed by atoms with E-state index in [1.807, 2.05) is 32.0 Å². The highest BCUT2D eigenvalue weighted by molar-refractivity contribution is 6.31. The first kappa shape index (κ1) is 18.8. The van der Waals surface area contributed by atoms with Crippen LogP contribution in [-0.4, -0.2) is 25.1 Å². The lowest BCUT2D eigenvalue weighted by molar-refractivity contribution is -0.123. The van der Waals surface area contributed by atoms with E-state index < -0.39 is 18.0 Å². The first-order chi connectivity index (χ1) is 11.8. The van der Waals surface area contributed by atoms with Crippen LogP contribution in [0.15, 0.2) is 36.4 Å². The van der Waals surface area contributed by atoms with Gasteiger partial charge in [-0.25, -0.2) is 4.79 Å². The summed E-state index contributed by atoms with van der Waals surface area (Å²) in [4.78, 5) is 24.6. The molecular weight excluding hydrogens is 342 g/mol. The monoisotopic (exact) mass is 361 g/mol. The normalized spacial score (nSPS) is 11.6. The number of ether oxygens (including phenoxy) is 2. The number of anilines is 1. The number of carbonyl (C=O) groups excluding carboxylic acids is 2. The molecule has 0 aliphatic rings. The number of rotatable bonds is 5. The molecule has 0 bridgehead atoms. The highest BCUT2D eigenvalue weighted by Crippen LogP contribution is 2.24. The molecular formula is C19H20ClNO4. The van der Waals surface area contributed by atoms with Crippen molar-refractivity contribution < 1.29 is 19.1 Å². The molecule has 1 N–H and O–H groups in total. The maximum absolute atomic E-state index is 12.3. The van der Waals surface area contributed by atoms with E-state index in [-0.39, 0.29) is 5.56 Å². The van der Waals surface area contributed by atoms with Crippen molar-refractivity contribution >= 4 is 29.2 Å². The van der Waals surface area contributed by atoms with Crippen molar-refractivity contribution in [2.75, 3.05) is 12.4 Å².